The standard InChI is InChI=1S/C14H19N3O/c15-9-13-3-4-14(18-13)10-16-11-5-7-17-6-1-2-12(17)8-11/h3-4,11-12,16H,1-2,5-8,10H2. The summed E-state index contributed by atoms with van der Waals surface area (Å²) in [5.41, 5.74) is 0. The summed E-state index contributed by atoms with van der Waals surface area (Å²) in [7, 11) is 0. The number of nitriles is 1. The minimum absolute atomic E-state index is 0.400. The maximum Gasteiger partial charge on any atom is 0.203 e. The van der Waals surface area contributed by atoms with Crippen LogP contribution in [-0.2, 0) is 6.54 Å². The van der Waals surface area contributed by atoms with Gasteiger partial charge < -0.3 is 14.6 Å². The van der Waals surface area contributed by atoms with Gasteiger partial charge in [-0.3, -0.25) is 0 Å². The fraction of sp³-hybridized carbons (Fsp3) is 0.643. The van der Waals surface area contributed by atoms with E-state index >= 15 is 0 Å². The number of nitrogens with zero attached hydrogens (tertiary/aromatic N) is 2. The summed E-state index contributed by atoms with van der Waals surface area (Å²) >= 11 is 0. The Morgan fingerprint density at radius 3 is 3.17 bits per heavy atom. The van der Waals surface area contributed by atoms with Crippen LogP contribution in [-0.4, -0.2) is 30.1 Å². The number of hydrogen-bond acceptors (Lipinski definition) is 4. The minimum atomic E-state index is 0.400. The van der Waals surface area contributed by atoms with Gasteiger partial charge in [0.1, 0.15) is 11.8 Å². The third-order valence-electron chi connectivity index (χ3n) is 4.16. The maximum absolute atomic E-state index is 8.70. The molecule has 2 aliphatic rings. The Morgan fingerprint density at radius 1 is 1.39 bits per heavy atom. The SMILES string of the molecule is N#Cc1ccc(CNC2CCN3CCCC3C2)o1. The fourth-order valence-corrected chi connectivity index (χ4v) is 3.19. The van der Waals surface area contributed by atoms with Crippen molar-refractivity contribution in [2.75, 3.05) is 13.1 Å². The first-order valence-corrected chi connectivity index (χ1v) is 6.81. The first-order chi connectivity index (χ1) is 8.85. The molecule has 96 valence electrons. The van der Waals surface area contributed by atoms with Crippen molar-refractivity contribution in [2.45, 2.75) is 44.3 Å². The second kappa shape index (κ2) is 5.13. The lowest BCUT2D eigenvalue weighted by molar-refractivity contribution is 0.165. The molecule has 0 spiro atoms. The number of furan rings is 1. The van der Waals surface area contributed by atoms with Crippen LogP contribution >= 0.6 is 0 Å². The monoisotopic (exact) mass is 245 g/mol. The Morgan fingerprint density at radius 2 is 2.33 bits per heavy atom. The van der Waals surface area contributed by atoms with E-state index in [1.807, 2.05) is 12.1 Å². The molecular weight excluding hydrogens is 226 g/mol. The van der Waals surface area contributed by atoms with Crippen molar-refractivity contribution < 1.29 is 4.42 Å². The van der Waals surface area contributed by atoms with Crippen LogP contribution in [0.15, 0.2) is 16.5 Å². The quantitative estimate of drug-likeness (QED) is 0.883. The molecule has 2 fully saturated rings. The van der Waals surface area contributed by atoms with Crippen molar-refractivity contribution in [1.29, 1.82) is 5.26 Å². The Bertz CT molecular complexity index is 448. The van der Waals surface area contributed by atoms with Gasteiger partial charge in [-0.2, -0.15) is 5.26 Å². The normalized spacial score (nSPS) is 27.9. The van der Waals surface area contributed by atoms with Crippen molar-refractivity contribution in [3.8, 4) is 6.07 Å². The van der Waals surface area contributed by atoms with E-state index in [9.17, 15) is 0 Å². The predicted octanol–water partition coefficient (Wildman–Crippen LogP) is 1.87. The molecule has 1 aromatic rings. The van der Waals surface area contributed by atoms with Crippen LogP contribution in [0.1, 0.15) is 37.2 Å². The molecule has 4 heteroatoms. The Hall–Kier alpha value is -1.31. The Kier molecular flexibility index (Phi) is 3.35. The zero-order valence-electron chi connectivity index (χ0n) is 10.6. The highest BCUT2D eigenvalue weighted by molar-refractivity contribution is 5.19. The van der Waals surface area contributed by atoms with Gasteiger partial charge in [-0.25, -0.2) is 0 Å². The van der Waals surface area contributed by atoms with E-state index in [0.717, 1.165) is 18.3 Å². The molecule has 0 bridgehead atoms. The third-order valence-corrected chi connectivity index (χ3v) is 4.16. The van der Waals surface area contributed by atoms with Crippen LogP contribution in [0.25, 0.3) is 0 Å². The topological polar surface area (TPSA) is 52.2 Å². The average Bonchev–Trinajstić information content (AvgIpc) is 3.04. The number of nitrogens with one attached hydrogen (secondary N) is 1. The van der Waals surface area contributed by atoms with E-state index in [2.05, 4.69) is 10.2 Å². The summed E-state index contributed by atoms with van der Waals surface area (Å²) in [5, 5.41) is 12.3. The highest BCUT2D eigenvalue weighted by Gasteiger charge is 2.31. The van der Waals surface area contributed by atoms with Crippen LogP contribution in [0.2, 0.25) is 0 Å². The van der Waals surface area contributed by atoms with Crippen molar-refractivity contribution in [2.24, 2.45) is 0 Å². The summed E-state index contributed by atoms with van der Waals surface area (Å²) in [6.07, 6.45) is 5.20. The molecule has 0 aromatic carbocycles. The van der Waals surface area contributed by atoms with Gasteiger partial charge >= 0.3 is 0 Å². The van der Waals surface area contributed by atoms with E-state index in [1.54, 1.807) is 6.07 Å². The summed E-state index contributed by atoms with van der Waals surface area (Å²) in [6.45, 7) is 3.25. The molecule has 1 N–H and O–H groups in total. The number of hydrogen-bond donors (Lipinski definition) is 1. The molecule has 0 aliphatic carbocycles. The van der Waals surface area contributed by atoms with Crippen LogP contribution in [0.4, 0.5) is 0 Å². The second-order valence-corrected chi connectivity index (χ2v) is 5.31. The zero-order chi connectivity index (χ0) is 12.4. The van der Waals surface area contributed by atoms with Crippen molar-refractivity contribution in [3.63, 3.8) is 0 Å². The molecule has 0 amide bonds. The molecule has 0 saturated carbocycles. The van der Waals surface area contributed by atoms with Gasteiger partial charge in [0.2, 0.25) is 5.76 Å². The fourth-order valence-electron chi connectivity index (χ4n) is 3.19. The Labute approximate surface area is 108 Å². The highest BCUT2D eigenvalue weighted by atomic mass is 16.3. The van der Waals surface area contributed by atoms with E-state index in [1.165, 1.54) is 38.8 Å². The molecule has 2 unspecified atom stereocenters. The number of piperidine rings is 1. The van der Waals surface area contributed by atoms with E-state index in [4.69, 9.17) is 9.68 Å². The first kappa shape index (κ1) is 11.8. The predicted molar refractivity (Wildman–Crippen MR) is 67.9 cm³/mol. The first-order valence-electron chi connectivity index (χ1n) is 6.81. The van der Waals surface area contributed by atoms with Crippen LogP contribution in [0.3, 0.4) is 0 Å². The van der Waals surface area contributed by atoms with E-state index < -0.39 is 0 Å². The van der Waals surface area contributed by atoms with E-state index in [0.29, 0.717) is 11.8 Å². The van der Waals surface area contributed by atoms with Gasteiger partial charge in [0.05, 0.1) is 6.54 Å². The summed E-state index contributed by atoms with van der Waals surface area (Å²) in [5.74, 6) is 1.26. The van der Waals surface area contributed by atoms with Gasteiger partial charge in [0.25, 0.3) is 0 Å². The largest absolute Gasteiger partial charge is 0.449 e. The molecule has 2 atom stereocenters. The van der Waals surface area contributed by atoms with Gasteiger partial charge in [0, 0.05) is 12.1 Å². The third kappa shape index (κ3) is 2.43. The molecular formula is C14H19N3O. The van der Waals surface area contributed by atoms with Gasteiger partial charge in [-0.1, -0.05) is 0 Å². The molecule has 2 aliphatic heterocycles. The summed E-state index contributed by atoms with van der Waals surface area (Å²) < 4.78 is 5.38. The van der Waals surface area contributed by atoms with E-state index in [-0.39, 0.29) is 0 Å². The smallest absolute Gasteiger partial charge is 0.203 e. The summed E-state index contributed by atoms with van der Waals surface area (Å²) in [6, 6.07) is 7.02. The number of fused-ring (bicyclic) bond motifs is 1. The van der Waals surface area contributed by atoms with Crippen molar-refractivity contribution >= 4 is 0 Å². The highest BCUT2D eigenvalue weighted by Crippen LogP contribution is 2.26. The van der Waals surface area contributed by atoms with Crippen molar-refractivity contribution in [3.05, 3.63) is 23.7 Å². The van der Waals surface area contributed by atoms with Crippen LogP contribution in [0.5, 0.6) is 0 Å². The van der Waals surface area contributed by atoms with Crippen LogP contribution < -0.4 is 5.32 Å². The summed E-state index contributed by atoms with van der Waals surface area (Å²) in [4.78, 5) is 2.62. The van der Waals surface area contributed by atoms with Gasteiger partial charge in [-0.05, 0) is 50.9 Å². The maximum atomic E-state index is 8.70. The molecule has 4 nitrogen and oxygen atoms in total. The lowest BCUT2D eigenvalue weighted by Crippen LogP contribution is -2.45. The molecule has 0 radical (unpaired) electrons. The molecule has 1 aromatic heterocycles. The molecule has 18 heavy (non-hydrogen) atoms. The number of rotatable bonds is 3. The van der Waals surface area contributed by atoms with Gasteiger partial charge in [-0.15, -0.1) is 0 Å². The lowest BCUT2D eigenvalue weighted by atomic mass is 9.97. The van der Waals surface area contributed by atoms with Crippen LogP contribution in [0, 0.1) is 11.3 Å². The minimum Gasteiger partial charge on any atom is -0.449 e. The second-order valence-electron chi connectivity index (χ2n) is 5.31. The lowest BCUT2D eigenvalue weighted by Gasteiger charge is -2.35. The molecule has 3 rings (SSSR count). The molecule has 2 saturated heterocycles. The zero-order valence-corrected chi connectivity index (χ0v) is 10.6. The van der Waals surface area contributed by atoms with Crippen molar-refractivity contribution in [1.82, 2.24) is 10.2 Å². The average molecular weight is 245 g/mol. The molecule has 3 heterocycles. The van der Waals surface area contributed by atoms with Gasteiger partial charge in [0.15, 0.2) is 0 Å². The Balaban J connectivity index is 1.50.